The smallest absolute Gasteiger partial charge is 0.237 e. The van der Waals surface area contributed by atoms with Gasteiger partial charge in [0.1, 0.15) is 5.75 Å². The lowest BCUT2D eigenvalue weighted by atomic mass is 10.0. The number of nitrogens with zero attached hydrogens (tertiary/aromatic N) is 1. The van der Waals surface area contributed by atoms with Crippen LogP contribution >= 0.6 is 12.4 Å². The van der Waals surface area contributed by atoms with Crippen molar-refractivity contribution in [1.29, 1.82) is 0 Å². The van der Waals surface area contributed by atoms with E-state index in [2.05, 4.69) is 42.6 Å². The number of likely N-dealkylation sites (N-methyl/N-ethyl adjacent to an activating group) is 1. The van der Waals surface area contributed by atoms with E-state index >= 15 is 0 Å². The van der Waals surface area contributed by atoms with Crippen molar-refractivity contribution >= 4 is 18.3 Å². The van der Waals surface area contributed by atoms with Crippen LogP contribution in [-0.4, -0.2) is 51.3 Å². The van der Waals surface area contributed by atoms with Crippen molar-refractivity contribution in [3.8, 4) is 16.9 Å². The SMILES string of the molecule is CCN(C(=O)CNCCOC)C(C)c1ccc(-c2cccc(OC)c2)cc1.Cl. The number of methoxy groups -OCH3 is 2. The molecule has 0 spiro atoms. The number of hydrogen-bond donors (Lipinski definition) is 1. The summed E-state index contributed by atoms with van der Waals surface area (Å²) in [5, 5.41) is 3.12. The second-order valence-corrected chi connectivity index (χ2v) is 6.38. The first-order valence-corrected chi connectivity index (χ1v) is 9.34. The average molecular weight is 407 g/mol. The third-order valence-electron chi connectivity index (χ3n) is 4.68. The van der Waals surface area contributed by atoms with Crippen LogP contribution in [0.1, 0.15) is 25.5 Å². The van der Waals surface area contributed by atoms with E-state index in [9.17, 15) is 4.79 Å². The van der Waals surface area contributed by atoms with E-state index in [4.69, 9.17) is 9.47 Å². The summed E-state index contributed by atoms with van der Waals surface area (Å²) in [6, 6.07) is 16.4. The van der Waals surface area contributed by atoms with Crippen LogP contribution in [-0.2, 0) is 9.53 Å². The molecule has 2 rings (SSSR count). The van der Waals surface area contributed by atoms with Crippen molar-refractivity contribution < 1.29 is 14.3 Å². The van der Waals surface area contributed by atoms with E-state index in [1.807, 2.05) is 30.0 Å². The van der Waals surface area contributed by atoms with Crippen LogP contribution in [0.15, 0.2) is 48.5 Å². The Morgan fingerprint density at radius 2 is 1.82 bits per heavy atom. The Bertz CT molecular complexity index is 722. The van der Waals surface area contributed by atoms with Crippen molar-refractivity contribution in [2.24, 2.45) is 0 Å². The van der Waals surface area contributed by atoms with Gasteiger partial charge in [-0.1, -0.05) is 36.4 Å². The van der Waals surface area contributed by atoms with Gasteiger partial charge in [0.2, 0.25) is 5.91 Å². The van der Waals surface area contributed by atoms with Crippen LogP contribution in [0, 0.1) is 0 Å². The molecule has 6 heteroatoms. The maximum atomic E-state index is 12.5. The zero-order valence-corrected chi connectivity index (χ0v) is 17.9. The summed E-state index contributed by atoms with van der Waals surface area (Å²) in [7, 11) is 3.32. The van der Waals surface area contributed by atoms with Crippen molar-refractivity contribution in [2.75, 3.05) is 40.5 Å². The normalized spacial score (nSPS) is 11.4. The zero-order valence-electron chi connectivity index (χ0n) is 17.1. The predicted molar refractivity (Wildman–Crippen MR) is 116 cm³/mol. The van der Waals surface area contributed by atoms with Crippen LogP contribution in [0.25, 0.3) is 11.1 Å². The lowest BCUT2D eigenvalue weighted by molar-refractivity contribution is -0.132. The molecule has 154 valence electrons. The van der Waals surface area contributed by atoms with Crippen LogP contribution in [0.4, 0.5) is 0 Å². The van der Waals surface area contributed by atoms with E-state index in [0.29, 0.717) is 26.2 Å². The Balaban J connectivity index is 0.00000392. The minimum Gasteiger partial charge on any atom is -0.497 e. The maximum absolute atomic E-state index is 12.5. The van der Waals surface area contributed by atoms with Crippen LogP contribution in [0.5, 0.6) is 5.75 Å². The van der Waals surface area contributed by atoms with E-state index in [0.717, 1.165) is 22.4 Å². The highest BCUT2D eigenvalue weighted by Gasteiger charge is 2.19. The standard InChI is InChI=1S/C22H30N2O3.ClH/c1-5-24(22(25)16-23-13-14-26-3)17(2)18-9-11-19(12-10-18)20-7-6-8-21(15-20)27-4;/h6-12,15,17,23H,5,13-14,16H2,1-4H3;1H. The fraction of sp³-hybridized carbons (Fsp3) is 0.409. The molecule has 0 bridgehead atoms. The van der Waals surface area contributed by atoms with Gasteiger partial charge in [0.05, 0.1) is 26.3 Å². The lowest BCUT2D eigenvalue weighted by Gasteiger charge is -2.29. The molecule has 0 fully saturated rings. The minimum absolute atomic E-state index is 0. The third-order valence-corrected chi connectivity index (χ3v) is 4.68. The highest BCUT2D eigenvalue weighted by molar-refractivity contribution is 5.85. The fourth-order valence-corrected chi connectivity index (χ4v) is 3.07. The Morgan fingerprint density at radius 1 is 1.11 bits per heavy atom. The highest BCUT2D eigenvalue weighted by Crippen LogP contribution is 2.27. The third kappa shape index (κ3) is 6.51. The molecule has 0 aromatic heterocycles. The number of ether oxygens (including phenoxy) is 2. The van der Waals surface area contributed by atoms with E-state index in [1.54, 1.807) is 14.2 Å². The van der Waals surface area contributed by atoms with Crippen molar-refractivity contribution in [1.82, 2.24) is 10.2 Å². The summed E-state index contributed by atoms with van der Waals surface area (Å²) in [5.74, 6) is 0.937. The van der Waals surface area contributed by atoms with E-state index < -0.39 is 0 Å². The van der Waals surface area contributed by atoms with Gasteiger partial charge in [0.25, 0.3) is 0 Å². The number of nitrogens with one attached hydrogen (secondary N) is 1. The van der Waals surface area contributed by atoms with Gasteiger partial charge in [0, 0.05) is 20.2 Å². The molecule has 0 aliphatic heterocycles. The summed E-state index contributed by atoms with van der Waals surface area (Å²) in [5.41, 5.74) is 3.36. The number of halogens is 1. The van der Waals surface area contributed by atoms with Crippen LogP contribution < -0.4 is 10.1 Å². The Labute approximate surface area is 174 Å². The highest BCUT2D eigenvalue weighted by atomic mass is 35.5. The molecule has 2 aromatic carbocycles. The van der Waals surface area contributed by atoms with Gasteiger partial charge in [0.15, 0.2) is 0 Å². The Hall–Kier alpha value is -2.08. The molecule has 2 aromatic rings. The van der Waals surface area contributed by atoms with Gasteiger partial charge in [-0.2, -0.15) is 0 Å². The number of hydrogen-bond acceptors (Lipinski definition) is 4. The average Bonchev–Trinajstić information content (AvgIpc) is 2.72. The largest absolute Gasteiger partial charge is 0.497 e. The van der Waals surface area contributed by atoms with Crippen molar-refractivity contribution in [3.05, 3.63) is 54.1 Å². The molecular weight excluding hydrogens is 376 g/mol. The molecule has 0 radical (unpaired) electrons. The van der Waals surface area contributed by atoms with Crippen molar-refractivity contribution in [3.63, 3.8) is 0 Å². The Kier molecular flexibility index (Phi) is 10.6. The van der Waals surface area contributed by atoms with Gasteiger partial charge in [-0.25, -0.2) is 0 Å². The maximum Gasteiger partial charge on any atom is 0.237 e. The van der Waals surface area contributed by atoms with E-state index in [-0.39, 0.29) is 24.4 Å². The molecule has 0 aliphatic rings. The second-order valence-electron chi connectivity index (χ2n) is 6.38. The van der Waals surface area contributed by atoms with Crippen LogP contribution in [0.2, 0.25) is 0 Å². The summed E-state index contributed by atoms with van der Waals surface area (Å²) in [6.45, 7) is 6.34. The molecule has 0 heterocycles. The molecule has 0 saturated carbocycles. The number of rotatable bonds is 10. The number of carbonyl (C=O) groups is 1. The summed E-state index contributed by atoms with van der Waals surface area (Å²) in [6.07, 6.45) is 0. The first-order valence-electron chi connectivity index (χ1n) is 9.34. The zero-order chi connectivity index (χ0) is 19.6. The monoisotopic (exact) mass is 406 g/mol. The number of amides is 1. The lowest BCUT2D eigenvalue weighted by Crippen LogP contribution is -2.40. The molecular formula is C22H31ClN2O3. The minimum atomic E-state index is 0. The quantitative estimate of drug-likeness (QED) is 0.607. The van der Waals surface area contributed by atoms with E-state index in [1.165, 1.54) is 0 Å². The van der Waals surface area contributed by atoms with Gasteiger partial charge < -0.3 is 19.7 Å². The predicted octanol–water partition coefficient (Wildman–Crippen LogP) is 3.93. The summed E-state index contributed by atoms with van der Waals surface area (Å²) >= 11 is 0. The molecule has 1 amide bonds. The van der Waals surface area contributed by atoms with Crippen molar-refractivity contribution in [2.45, 2.75) is 19.9 Å². The second kappa shape index (κ2) is 12.4. The molecule has 0 saturated heterocycles. The van der Waals surface area contributed by atoms with Gasteiger partial charge in [-0.05, 0) is 42.7 Å². The van der Waals surface area contributed by atoms with Gasteiger partial charge in [-0.15, -0.1) is 12.4 Å². The molecule has 1 N–H and O–H groups in total. The topological polar surface area (TPSA) is 50.8 Å². The van der Waals surface area contributed by atoms with Crippen LogP contribution in [0.3, 0.4) is 0 Å². The molecule has 28 heavy (non-hydrogen) atoms. The summed E-state index contributed by atoms with van der Waals surface area (Å²) < 4.78 is 10.3. The first-order chi connectivity index (χ1) is 13.1. The van der Waals surface area contributed by atoms with Gasteiger partial charge >= 0.3 is 0 Å². The molecule has 0 aliphatic carbocycles. The molecule has 1 unspecified atom stereocenters. The molecule has 5 nitrogen and oxygen atoms in total. The number of carbonyl (C=O) groups excluding carboxylic acids is 1. The van der Waals surface area contributed by atoms with Gasteiger partial charge in [-0.3, -0.25) is 4.79 Å². The Morgan fingerprint density at radius 3 is 2.43 bits per heavy atom. The first kappa shape index (κ1) is 24.0. The number of benzene rings is 2. The molecule has 1 atom stereocenters. The summed E-state index contributed by atoms with van der Waals surface area (Å²) in [4.78, 5) is 14.4. The fourth-order valence-electron chi connectivity index (χ4n) is 3.07.